The van der Waals surface area contributed by atoms with Gasteiger partial charge in [-0.1, -0.05) is 0 Å². The van der Waals surface area contributed by atoms with Crippen LogP contribution in [0.5, 0.6) is 0 Å². The Balaban J connectivity index is 1.57. The number of piperidine rings is 1. The van der Waals surface area contributed by atoms with Gasteiger partial charge in [-0.3, -0.25) is 4.98 Å². The van der Waals surface area contributed by atoms with Gasteiger partial charge in [0.15, 0.2) is 0 Å². The summed E-state index contributed by atoms with van der Waals surface area (Å²) in [7, 11) is 0. The minimum Gasteiger partial charge on any atom is -0.356 e. The van der Waals surface area contributed by atoms with E-state index in [1.807, 2.05) is 25.5 Å². The molecule has 0 saturated carbocycles. The molecule has 140 valence electrons. The van der Waals surface area contributed by atoms with Crippen LogP contribution in [0.15, 0.2) is 36.9 Å². The van der Waals surface area contributed by atoms with Crippen LogP contribution in [0.3, 0.4) is 0 Å². The third-order valence-corrected chi connectivity index (χ3v) is 5.41. The van der Waals surface area contributed by atoms with E-state index in [-0.39, 0.29) is 0 Å². The van der Waals surface area contributed by atoms with Crippen molar-refractivity contribution < 1.29 is 0 Å². The second kappa shape index (κ2) is 7.47. The van der Waals surface area contributed by atoms with Crippen LogP contribution in [0.2, 0.25) is 0 Å². The highest BCUT2D eigenvalue weighted by atomic mass is 15.2. The lowest BCUT2D eigenvalue weighted by Crippen LogP contribution is -2.36. The maximum Gasteiger partial charge on any atom is 0.135 e. The largest absolute Gasteiger partial charge is 0.356 e. The molecule has 3 aromatic heterocycles. The third-order valence-electron chi connectivity index (χ3n) is 5.41. The molecule has 0 unspecified atom stereocenters. The summed E-state index contributed by atoms with van der Waals surface area (Å²) in [5.74, 6) is 3.49. The summed E-state index contributed by atoms with van der Waals surface area (Å²) in [6.45, 7) is 8.98. The first-order valence-corrected chi connectivity index (χ1v) is 9.58. The Morgan fingerprint density at radius 3 is 2.70 bits per heavy atom. The molecule has 0 aromatic carbocycles. The molecule has 1 saturated heterocycles. The highest BCUT2D eigenvalue weighted by molar-refractivity contribution is 5.49. The lowest BCUT2D eigenvalue weighted by atomic mass is 9.96. The maximum atomic E-state index is 4.74. The van der Waals surface area contributed by atoms with E-state index in [9.17, 15) is 0 Å². The summed E-state index contributed by atoms with van der Waals surface area (Å²) in [6.07, 6.45) is 9.99. The number of hydrogen-bond acceptors (Lipinski definition) is 5. The van der Waals surface area contributed by atoms with Gasteiger partial charge < -0.3 is 9.47 Å². The summed E-state index contributed by atoms with van der Waals surface area (Å²) in [6, 6.07) is 4.12. The summed E-state index contributed by atoms with van der Waals surface area (Å²) < 4.78 is 2.27. The molecule has 0 radical (unpaired) electrons. The van der Waals surface area contributed by atoms with Crippen LogP contribution in [0.4, 0.5) is 5.82 Å². The molecule has 4 heterocycles. The zero-order chi connectivity index (χ0) is 18.8. The first-order valence-electron chi connectivity index (χ1n) is 9.58. The van der Waals surface area contributed by atoms with Gasteiger partial charge in [0.05, 0.1) is 0 Å². The number of pyridine rings is 1. The number of nitrogens with zero attached hydrogens (tertiary/aromatic N) is 6. The van der Waals surface area contributed by atoms with E-state index in [1.54, 1.807) is 0 Å². The van der Waals surface area contributed by atoms with Gasteiger partial charge in [0.1, 0.15) is 17.5 Å². The van der Waals surface area contributed by atoms with Crippen molar-refractivity contribution in [3.05, 3.63) is 65.4 Å². The van der Waals surface area contributed by atoms with Gasteiger partial charge >= 0.3 is 0 Å². The predicted octanol–water partition coefficient (Wildman–Crippen LogP) is 3.43. The Morgan fingerprint density at radius 1 is 1.07 bits per heavy atom. The number of imidazole rings is 1. The molecule has 27 heavy (non-hydrogen) atoms. The SMILES string of the molecule is Cc1nc(C)c(C)c(N2CCC[C@H](c3nccn3Cc3ccncc3)C2)n1. The Morgan fingerprint density at radius 2 is 1.89 bits per heavy atom. The van der Waals surface area contributed by atoms with Crippen molar-refractivity contribution >= 4 is 5.82 Å². The van der Waals surface area contributed by atoms with E-state index in [0.717, 1.165) is 55.6 Å². The van der Waals surface area contributed by atoms with E-state index in [0.29, 0.717) is 5.92 Å². The Labute approximate surface area is 160 Å². The molecule has 0 bridgehead atoms. The fourth-order valence-electron chi connectivity index (χ4n) is 3.94. The average molecular weight is 362 g/mol. The monoisotopic (exact) mass is 362 g/mol. The smallest absolute Gasteiger partial charge is 0.135 e. The molecule has 0 spiro atoms. The Hall–Kier alpha value is -2.76. The zero-order valence-corrected chi connectivity index (χ0v) is 16.3. The fourth-order valence-corrected chi connectivity index (χ4v) is 3.94. The molecule has 3 aromatic rings. The van der Waals surface area contributed by atoms with Crippen molar-refractivity contribution in [1.82, 2.24) is 24.5 Å². The van der Waals surface area contributed by atoms with Gasteiger partial charge in [-0.2, -0.15) is 0 Å². The molecule has 6 nitrogen and oxygen atoms in total. The minimum absolute atomic E-state index is 0.408. The summed E-state index contributed by atoms with van der Waals surface area (Å²) in [5.41, 5.74) is 3.50. The molecule has 0 N–H and O–H groups in total. The van der Waals surface area contributed by atoms with E-state index >= 15 is 0 Å². The first-order chi connectivity index (χ1) is 13.1. The molecule has 1 atom stereocenters. The van der Waals surface area contributed by atoms with E-state index in [4.69, 9.17) is 9.97 Å². The van der Waals surface area contributed by atoms with Crippen molar-refractivity contribution in [1.29, 1.82) is 0 Å². The van der Waals surface area contributed by atoms with E-state index in [1.165, 1.54) is 11.1 Å². The van der Waals surface area contributed by atoms with Gasteiger partial charge in [-0.25, -0.2) is 15.0 Å². The normalized spacial score (nSPS) is 17.3. The molecule has 4 rings (SSSR count). The number of rotatable bonds is 4. The number of anilines is 1. The predicted molar refractivity (Wildman–Crippen MR) is 106 cm³/mol. The molecule has 0 aliphatic carbocycles. The van der Waals surface area contributed by atoms with Crippen LogP contribution < -0.4 is 4.90 Å². The van der Waals surface area contributed by atoms with Crippen LogP contribution in [0, 0.1) is 20.8 Å². The lowest BCUT2D eigenvalue weighted by Gasteiger charge is -2.34. The summed E-state index contributed by atoms with van der Waals surface area (Å²) in [4.78, 5) is 20.5. The highest BCUT2D eigenvalue weighted by Gasteiger charge is 2.27. The van der Waals surface area contributed by atoms with Gasteiger partial charge in [-0.15, -0.1) is 0 Å². The van der Waals surface area contributed by atoms with Crippen LogP contribution in [0.25, 0.3) is 0 Å². The molecular formula is C21H26N6. The standard InChI is InChI=1S/C21H26N6/c1-15-16(2)24-17(3)25-20(15)26-11-4-5-19(14-26)21-23-10-12-27(21)13-18-6-8-22-9-7-18/h6-10,12,19H,4-5,11,13-14H2,1-3H3/t19-/m0/s1. The highest BCUT2D eigenvalue weighted by Crippen LogP contribution is 2.30. The van der Waals surface area contributed by atoms with Crippen molar-refractivity contribution in [2.75, 3.05) is 18.0 Å². The van der Waals surface area contributed by atoms with Crippen molar-refractivity contribution in [3.63, 3.8) is 0 Å². The quantitative estimate of drug-likeness (QED) is 0.712. The maximum absolute atomic E-state index is 4.74. The number of aryl methyl sites for hydroxylation is 2. The fraction of sp³-hybridized carbons (Fsp3) is 0.429. The van der Waals surface area contributed by atoms with Crippen LogP contribution in [-0.4, -0.2) is 37.6 Å². The average Bonchev–Trinajstić information content (AvgIpc) is 3.14. The molecule has 1 fully saturated rings. The molecule has 1 aliphatic rings. The van der Waals surface area contributed by atoms with E-state index < -0.39 is 0 Å². The summed E-state index contributed by atoms with van der Waals surface area (Å²) >= 11 is 0. The topological polar surface area (TPSA) is 59.7 Å². The van der Waals surface area contributed by atoms with Crippen LogP contribution >= 0.6 is 0 Å². The Kier molecular flexibility index (Phi) is 4.88. The first kappa shape index (κ1) is 17.6. The van der Waals surface area contributed by atoms with Crippen LogP contribution in [-0.2, 0) is 6.54 Å². The number of hydrogen-bond donors (Lipinski definition) is 0. The zero-order valence-electron chi connectivity index (χ0n) is 16.3. The second-order valence-electron chi connectivity index (χ2n) is 7.36. The summed E-state index contributed by atoms with van der Waals surface area (Å²) in [5, 5.41) is 0. The van der Waals surface area contributed by atoms with Crippen molar-refractivity contribution in [3.8, 4) is 0 Å². The van der Waals surface area contributed by atoms with Gasteiger partial charge in [0.25, 0.3) is 0 Å². The lowest BCUT2D eigenvalue weighted by molar-refractivity contribution is 0.473. The number of aromatic nitrogens is 5. The second-order valence-corrected chi connectivity index (χ2v) is 7.36. The molecule has 1 aliphatic heterocycles. The van der Waals surface area contributed by atoms with Crippen LogP contribution in [0.1, 0.15) is 47.2 Å². The third kappa shape index (κ3) is 3.70. The van der Waals surface area contributed by atoms with Gasteiger partial charge in [-0.05, 0) is 51.3 Å². The van der Waals surface area contributed by atoms with Gasteiger partial charge in [0.2, 0.25) is 0 Å². The minimum atomic E-state index is 0.408. The van der Waals surface area contributed by atoms with E-state index in [2.05, 4.69) is 51.6 Å². The molecule has 0 amide bonds. The molecular weight excluding hydrogens is 336 g/mol. The Bertz CT molecular complexity index is 918. The van der Waals surface area contributed by atoms with Gasteiger partial charge in [0, 0.05) is 61.6 Å². The van der Waals surface area contributed by atoms with Crippen molar-refractivity contribution in [2.24, 2.45) is 0 Å². The molecule has 6 heteroatoms. The van der Waals surface area contributed by atoms with Crippen molar-refractivity contribution in [2.45, 2.75) is 46.1 Å².